The smallest absolute Gasteiger partial charge is 0.490 e. The summed E-state index contributed by atoms with van der Waals surface area (Å²) in [4.78, 5) is 27.3. The molecule has 1 aliphatic rings. The molecule has 4 aromatic rings. The molecule has 15 heteroatoms. The summed E-state index contributed by atoms with van der Waals surface area (Å²) in [5.74, 6) is -1.54. The zero-order valence-corrected chi connectivity index (χ0v) is 29.2. The quantitative estimate of drug-likeness (QED) is 0.121. The first-order valence-electron chi connectivity index (χ1n) is 16.4. The first-order chi connectivity index (χ1) is 24.1. The summed E-state index contributed by atoms with van der Waals surface area (Å²) in [5.41, 5.74) is 7.98. The van der Waals surface area contributed by atoms with Crippen molar-refractivity contribution in [3.63, 3.8) is 0 Å². The lowest BCUT2D eigenvalue weighted by Crippen LogP contribution is -2.33. The lowest BCUT2D eigenvalue weighted by molar-refractivity contribution is -0.192. The number of carbonyl (C=O) groups excluding carboxylic acids is 1. The molecule has 0 saturated heterocycles. The highest BCUT2D eigenvalue weighted by molar-refractivity contribution is 7.92. The van der Waals surface area contributed by atoms with E-state index in [-0.39, 0.29) is 28.7 Å². The number of rotatable bonds is 12. The molecule has 1 aromatic heterocycles. The van der Waals surface area contributed by atoms with Crippen LogP contribution in [-0.2, 0) is 26.0 Å². The molecular formula is C36H41F3N4O7S. The van der Waals surface area contributed by atoms with Gasteiger partial charge in [-0.1, -0.05) is 37.1 Å². The van der Waals surface area contributed by atoms with Crippen LogP contribution in [-0.4, -0.2) is 54.5 Å². The molecule has 1 heterocycles. The normalized spacial score (nSPS) is 14.0. The van der Waals surface area contributed by atoms with Crippen LogP contribution >= 0.6 is 0 Å². The predicted octanol–water partition coefficient (Wildman–Crippen LogP) is 6.82. The van der Waals surface area contributed by atoms with Crippen molar-refractivity contribution in [1.82, 2.24) is 10.3 Å². The fourth-order valence-corrected chi connectivity index (χ4v) is 7.76. The highest BCUT2D eigenvalue weighted by Gasteiger charge is 2.38. The van der Waals surface area contributed by atoms with Gasteiger partial charge in [0.25, 0.3) is 0 Å². The minimum absolute atomic E-state index is 0.0580. The van der Waals surface area contributed by atoms with Crippen LogP contribution < -0.4 is 25.8 Å². The second-order valence-electron chi connectivity index (χ2n) is 12.1. The number of carboxylic acids is 1. The van der Waals surface area contributed by atoms with Crippen molar-refractivity contribution < 1.29 is 45.8 Å². The molecule has 1 saturated carbocycles. The molecule has 1 unspecified atom stereocenters. The van der Waals surface area contributed by atoms with Gasteiger partial charge in [-0.25, -0.2) is 18.2 Å². The van der Waals surface area contributed by atoms with Gasteiger partial charge in [0.2, 0.25) is 5.91 Å². The number of nitrogen functional groups attached to an aromatic ring is 1. The van der Waals surface area contributed by atoms with E-state index < -0.39 is 28.0 Å². The van der Waals surface area contributed by atoms with Crippen LogP contribution in [0.2, 0.25) is 0 Å². The molecule has 0 spiro atoms. The number of ether oxygens (including phenoxy) is 2. The van der Waals surface area contributed by atoms with E-state index in [2.05, 4.69) is 15.6 Å². The third-order valence-corrected chi connectivity index (χ3v) is 10.4. The first-order valence-corrected chi connectivity index (χ1v) is 17.9. The largest absolute Gasteiger partial charge is 0.490 e. The van der Waals surface area contributed by atoms with E-state index in [4.69, 9.17) is 25.1 Å². The Bertz CT molecular complexity index is 1950. The van der Waals surface area contributed by atoms with E-state index in [0.717, 1.165) is 23.6 Å². The number of halogens is 3. The monoisotopic (exact) mass is 730 g/mol. The standard InChI is InChI=1S/C34H40N4O5S.C2HF3O2/c1-4-42-30-20-24(13-16-29(30)43-22(2)3)32(38-26-14-15-28-23(19-26)17-18-36-33(28)35)34(39)37-21-25-9-5-8-12-31(25)44(40,41)27-10-6-7-11-27;3-2(4,5)1(6)7/h5,8-9,12-20,22,27,32,38H,4,6-7,10-11,21H2,1-3H3,(H2,35,36)(H,37,39);(H,6,7). The van der Waals surface area contributed by atoms with Crippen molar-refractivity contribution in [2.45, 2.75) is 81.5 Å². The van der Waals surface area contributed by atoms with Crippen LogP contribution in [0.1, 0.15) is 63.6 Å². The van der Waals surface area contributed by atoms with Gasteiger partial charge in [0.1, 0.15) is 11.9 Å². The second-order valence-corrected chi connectivity index (χ2v) is 14.3. The molecule has 1 atom stereocenters. The van der Waals surface area contributed by atoms with Crippen molar-refractivity contribution >= 4 is 44.0 Å². The maximum Gasteiger partial charge on any atom is 0.490 e. The van der Waals surface area contributed by atoms with Crippen LogP contribution in [0, 0.1) is 0 Å². The molecule has 5 rings (SSSR count). The number of hydrogen-bond acceptors (Lipinski definition) is 9. The zero-order chi connectivity index (χ0) is 37.3. The number of nitrogens with zero attached hydrogens (tertiary/aromatic N) is 1. The number of hydrogen-bond donors (Lipinski definition) is 4. The number of carbonyl (C=O) groups is 2. The number of fused-ring (bicyclic) bond motifs is 1. The molecular weight excluding hydrogens is 689 g/mol. The fraction of sp³-hybridized carbons (Fsp3) is 0.361. The maximum atomic E-state index is 14.0. The average molecular weight is 731 g/mol. The summed E-state index contributed by atoms with van der Waals surface area (Å²) < 4.78 is 70.5. The van der Waals surface area contributed by atoms with Crippen molar-refractivity contribution in [2.75, 3.05) is 17.7 Å². The molecule has 1 fully saturated rings. The lowest BCUT2D eigenvalue weighted by atomic mass is 10.0. The Morgan fingerprint density at radius 3 is 2.35 bits per heavy atom. The molecule has 5 N–H and O–H groups in total. The van der Waals surface area contributed by atoms with Crippen molar-refractivity contribution in [1.29, 1.82) is 0 Å². The Kier molecular flexibility index (Phi) is 12.7. The van der Waals surface area contributed by atoms with Gasteiger partial charge in [0, 0.05) is 23.8 Å². The predicted molar refractivity (Wildman–Crippen MR) is 187 cm³/mol. The van der Waals surface area contributed by atoms with E-state index in [0.29, 0.717) is 53.6 Å². The number of benzene rings is 3. The number of nitrogens with one attached hydrogen (secondary N) is 2. The van der Waals surface area contributed by atoms with Gasteiger partial charge in [0.05, 0.1) is 22.9 Å². The number of amides is 1. The minimum Gasteiger partial charge on any atom is -0.490 e. The van der Waals surface area contributed by atoms with E-state index in [1.807, 2.05) is 51.1 Å². The second kappa shape index (κ2) is 16.8. The van der Waals surface area contributed by atoms with Gasteiger partial charge in [-0.3, -0.25) is 4.79 Å². The van der Waals surface area contributed by atoms with Crippen LogP contribution in [0.25, 0.3) is 10.8 Å². The van der Waals surface area contributed by atoms with E-state index in [9.17, 15) is 26.4 Å². The van der Waals surface area contributed by atoms with E-state index in [1.54, 1.807) is 42.6 Å². The van der Waals surface area contributed by atoms with Crippen LogP contribution in [0.4, 0.5) is 24.7 Å². The number of pyridine rings is 1. The summed E-state index contributed by atoms with van der Waals surface area (Å²) in [6, 6.07) is 19.0. The van der Waals surface area contributed by atoms with Crippen LogP contribution in [0.15, 0.2) is 77.8 Å². The third-order valence-electron chi connectivity index (χ3n) is 8.05. The summed E-state index contributed by atoms with van der Waals surface area (Å²) in [6.45, 7) is 6.25. The third kappa shape index (κ3) is 10.0. The first kappa shape index (κ1) is 38.7. The number of aliphatic carboxylic acids is 1. The Labute approximate surface area is 294 Å². The minimum atomic E-state index is -5.08. The van der Waals surface area contributed by atoms with Gasteiger partial charge < -0.3 is 30.9 Å². The number of nitrogens with two attached hydrogens (primary N) is 1. The SMILES string of the molecule is CCOc1cc(C(Nc2ccc3c(N)nccc3c2)C(=O)NCc2ccccc2S(=O)(=O)C2CCCC2)ccc1OC(C)C.O=C(O)C(F)(F)F. The molecule has 1 amide bonds. The Hall–Kier alpha value is -5.05. The van der Waals surface area contributed by atoms with Gasteiger partial charge in [-0.15, -0.1) is 0 Å². The summed E-state index contributed by atoms with van der Waals surface area (Å²) in [7, 11) is -3.50. The zero-order valence-electron chi connectivity index (χ0n) is 28.4. The maximum absolute atomic E-state index is 14.0. The number of carboxylic acid groups (broad SMARTS) is 1. The molecule has 0 bridgehead atoms. The number of anilines is 2. The summed E-state index contributed by atoms with van der Waals surface area (Å²) in [5, 5.41) is 14.8. The molecule has 1 aliphatic carbocycles. The molecule has 11 nitrogen and oxygen atoms in total. The Balaban J connectivity index is 0.000000755. The van der Waals surface area contributed by atoms with Gasteiger partial charge >= 0.3 is 12.1 Å². The van der Waals surface area contributed by atoms with Crippen LogP contribution in [0.5, 0.6) is 11.5 Å². The van der Waals surface area contributed by atoms with E-state index >= 15 is 0 Å². The molecule has 0 aliphatic heterocycles. The van der Waals surface area contributed by atoms with Crippen molar-refractivity contribution in [2.24, 2.45) is 0 Å². The van der Waals surface area contributed by atoms with E-state index in [1.165, 1.54) is 0 Å². The fourth-order valence-electron chi connectivity index (χ4n) is 5.67. The average Bonchev–Trinajstić information content (AvgIpc) is 3.63. The van der Waals surface area contributed by atoms with Crippen molar-refractivity contribution in [3.8, 4) is 11.5 Å². The van der Waals surface area contributed by atoms with Crippen LogP contribution in [0.3, 0.4) is 0 Å². The number of sulfone groups is 1. The summed E-state index contributed by atoms with van der Waals surface area (Å²) >= 11 is 0. The highest BCUT2D eigenvalue weighted by atomic mass is 32.2. The molecule has 274 valence electrons. The molecule has 0 radical (unpaired) electrons. The summed E-state index contributed by atoms with van der Waals surface area (Å²) in [6.07, 6.45) is -0.331. The molecule has 3 aromatic carbocycles. The highest BCUT2D eigenvalue weighted by Crippen LogP contribution is 2.34. The number of alkyl halides is 3. The van der Waals surface area contributed by atoms with Gasteiger partial charge in [-0.2, -0.15) is 13.2 Å². The number of aromatic nitrogens is 1. The van der Waals surface area contributed by atoms with Crippen molar-refractivity contribution in [3.05, 3.63) is 84.1 Å². The topological polar surface area (TPSA) is 170 Å². The van der Waals surface area contributed by atoms with Gasteiger partial charge in [0.15, 0.2) is 21.3 Å². The van der Waals surface area contributed by atoms with Gasteiger partial charge in [-0.05, 0) is 92.6 Å². The lowest BCUT2D eigenvalue weighted by Gasteiger charge is -2.23. The Morgan fingerprint density at radius 2 is 1.71 bits per heavy atom. The molecule has 51 heavy (non-hydrogen) atoms. The Morgan fingerprint density at radius 1 is 1.02 bits per heavy atom.